The molecular formula is C18H16BrNO2S. The number of aromatic nitrogens is 1. The van der Waals surface area contributed by atoms with E-state index in [0.717, 1.165) is 37.3 Å². The van der Waals surface area contributed by atoms with Crippen molar-refractivity contribution in [3.05, 3.63) is 68.9 Å². The highest BCUT2D eigenvalue weighted by Gasteiger charge is 2.09. The zero-order chi connectivity index (χ0) is 16.4. The van der Waals surface area contributed by atoms with Gasteiger partial charge in [0.1, 0.15) is 5.75 Å². The van der Waals surface area contributed by atoms with Crippen LogP contribution in [-0.4, -0.2) is 11.7 Å². The summed E-state index contributed by atoms with van der Waals surface area (Å²) in [7, 11) is 3.46. The number of para-hydroxylation sites is 1. The average molecular weight is 390 g/mol. The zero-order valence-electron chi connectivity index (χ0n) is 12.9. The fourth-order valence-corrected chi connectivity index (χ4v) is 4.08. The molecule has 3 rings (SSSR count). The van der Waals surface area contributed by atoms with E-state index in [4.69, 9.17) is 4.74 Å². The first-order chi connectivity index (χ1) is 11.1. The molecule has 0 bridgehead atoms. The summed E-state index contributed by atoms with van der Waals surface area (Å²) in [6.45, 7) is 0. The first-order valence-corrected chi connectivity index (χ1v) is 8.92. The molecule has 1 aromatic heterocycles. The number of methoxy groups -OCH3 is 1. The highest BCUT2D eigenvalue weighted by atomic mass is 79.9. The minimum absolute atomic E-state index is 0.0101. The first-order valence-electron chi connectivity index (χ1n) is 7.14. The van der Waals surface area contributed by atoms with Crippen LogP contribution in [0.15, 0.2) is 62.7 Å². The molecule has 0 fully saturated rings. The normalized spacial score (nSPS) is 10.9. The molecule has 0 spiro atoms. The summed E-state index contributed by atoms with van der Waals surface area (Å²) in [4.78, 5) is 13.2. The standard InChI is InChI=1S/C18H16BrNO2S/c1-20-16-6-4-3-5-14(16)17(10-18(20)21)23-11-12-9-13(22-2)7-8-15(12)19/h3-10H,11H2,1-2H3. The number of hydrogen-bond acceptors (Lipinski definition) is 3. The number of thioether (sulfide) groups is 1. The van der Waals surface area contributed by atoms with Crippen LogP contribution in [0.5, 0.6) is 5.75 Å². The van der Waals surface area contributed by atoms with Gasteiger partial charge >= 0.3 is 0 Å². The van der Waals surface area contributed by atoms with Crippen molar-refractivity contribution in [1.82, 2.24) is 4.57 Å². The Morgan fingerprint density at radius 1 is 1.17 bits per heavy atom. The molecule has 0 aliphatic carbocycles. The Bertz CT molecular complexity index is 921. The van der Waals surface area contributed by atoms with Crippen molar-refractivity contribution in [2.45, 2.75) is 10.6 Å². The van der Waals surface area contributed by atoms with Crippen molar-refractivity contribution in [3.63, 3.8) is 0 Å². The van der Waals surface area contributed by atoms with Crippen LogP contribution in [0.2, 0.25) is 0 Å². The number of fused-ring (bicyclic) bond motifs is 1. The van der Waals surface area contributed by atoms with Crippen LogP contribution in [0.4, 0.5) is 0 Å². The van der Waals surface area contributed by atoms with Crippen molar-refractivity contribution < 1.29 is 4.74 Å². The molecule has 3 nitrogen and oxygen atoms in total. The van der Waals surface area contributed by atoms with Crippen molar-refractivity contribution >= 4 is 38.6 Å². The Hall–Kier alpha value is -1.72. The molecule has 2 aromatic carbocycles. The van der Waals surface area contributed by atoms with E-state index in [0.29, 0.717) is 0 Å². The van der Waals surface area contributed by atoms with Crippen LogP contribution in [-0.2, 0) is 12.8 Å². The number of halogens is 1. The van der Waals surface area contributed by atoms with E-state index in [2.05, 4.69) is 22.0 Å². The quantitative estimate of drug-likeness (QED) is 0.610. The molecule has 1 heterocycles. The van der Waals surface area contributed by atoms with Gasteiger partial charge in [-0.3, -0.25) is 4.79 Å². The molecule has 0 saturated carbocycles. The maximum absolute atomic E-state index is 12.2. The van der Waals surface area contributed by atoms with Crippen LogP contribution < -0.4 is 10.3 Å². The molecule has 0 aliphatic rings. The van der Waals surface area contributed by atoms with Crippen LogP contribution in [0.25, 0.3) is 10.9 Å². The Morgan fingerprint density at radius 3 is 2.74 bits per heavy atom. The van der Waals surface area contributed by atoms with Gasteiger partial charge in [0.15, 0.2) is 0 Å². The number of nitrogens with zero attached hydrogens (tertiary/aromatic N) is 1. The number of ether oxygens (including phenoxy) is 1. The lowest BCUT2D eigenvalue weighted by atomic mass is 10.2. The monoisotopic (exact) mass is 389 g/mol. The number of rotatable bonds is 4. The Kier molecular flexibility index (Phi) is 4.78. The number of benzene rings is 2. The minimum atomic E-state index is 0.0101. The van der Waals surface area contributed by atoms with Gasteiger partial charge in [-0.15, -0.1) is 11.8 Å². The maximum atomic E-state index is 12.2. The summed E-state index contributed by atoms with van der Waals surface area (Å²) in [5.41, 5.74) is 2.10. The fourth-order valence-electron chi connectivity index (χ4n) is 2.44. The molecule has 0 aliphatic heterocycles. The van der Waals surface area contributed by atoms with Crippen molar-refractivity contribution in [2.75, 3.05) is 7.11 Å². The van der Waals surface area contributed by atoms with E-state index >= 15 is 0 Å². The molecule has 0 unspecified atom stereocenters. The highest BCUT2D eigenvalue weighted by molar-refractivity contribution is 9.10. The molecule has 0 saturated heterocycles. The Labute approximate surface area is 147 Å². The van der Waals surface area contributed by atoms with Crippen molar-refractivity contribution in [2.24, 2.45) is 7.05 Å². The van der Waals surface area contributed by atoms with Gasteiger partial charge in [-0.2, -0.15) is 0 Å². The van der Waals surface area contributed by atoms with Crippen LogP contribution in [0, 0.1) is 0 Å². The minimum Gasteiger partial charge on any atom is -0.497 e. The van der Waals surface area contributed by atoms with Crippen LogP contribution in [0.3, 0.4) is 0 Å². The first kappa shape index (κ1) is 16.1. The third-order valence-corrected chi connectivity index (χ3v) is 5.63. The van der Waals surface area contributed by atoms with Gasteiger partial charge in [-0.25, -0.2) is 0 Å². The molecule has 0 radical (unpaired) electrons. The molecule has 23 heavy (non-hydrogen) atoms. The second kappa shape index (κ2) is 6.81. The summed E-state index contributed by atoms with van der Waals surface area (Å²) >= 11 is 5.23. The van der Waals surface area contributed by atoms with Gasteiger partial charge in [-0.05, 0) is 29.8 Å². The lowest BCUT2D eigenvalue weighted by Crippen LogP contribution is -2.16. The molecule has 118 valence electrons. The fraction of sp³-hybridized carbons (Fsp3) is 0.167. The summed E-state index contributed by atoms with van der Waals surface area (Å²) < 4.78 is 8.01. The van der Waals surface area contributed by atoms with Crippen LogP contribution >= 0.6 is 27.7 Å². The van der Waals surface area contributed by atoms with Crippen LogP contribution in [0.1, 0.15) is 5.56 Å². The molecule has 0 N–H and O–H groups in total. The predicted molar refractivity (Wildman–Crippen MR) is 99.4 cm³/mol. The van der Waals surface area contributed by atoms with Gasteiger partial charge in [0.05, 0.1) is 12.6 Å². The lowest BCUT2D eigenvalue weighted by Gasteiger charge is -2.11. The lowest BCUT2D eigenvalue weighted by molar-refractivity contribution is 0.414. The average Bonchev–Trinajstić information content (AvgIpc) is 2.58. The van der Waals surface area contributed by atoms with E-state index in [1.807, 2.05) is 36.4 Å². The maximum Gasteiger partial charge on any atom is 0.251 e. The summed E-state index contributed by atoms with van der Waals surface area (Å²) in [5.74, 6) is 1.59. The van der Waals surface area contributed by atoms with E-state index in [1.54, 1.807) is 36.6 Å². The van der Waals surface area contributed by atoms with Gasteiger partial charge < -0.3 is 9.30 Å². The SMILES string of the molecule is COc1ccc(Br)c(CSc2cc(=O)n(C)c3ccccc23)c1. The largest absolute Gasteiger partial charge is 0.497 e. The second-order valence-corrected chi connectivity index (χ2v) is 7.04. The van der Waals surface area contributed by atoms with Crippen molar-refractivity contribution in [1.29, 1.82) is 0 Å². The summed E-state index contributed by atoms with van der Waals surface area (Å²) in [5, 5.41) is 1.10. The van der Waals surface area contributed by atoms with Gasteiger partial charge in [0.25, 0.3) is 5.56 Å². The molecule has 5 heteroatoms. The summed E-state index contributed by atoms with van der Waals surface area (Å²) in [6.07, 6.45) is 0. The van der Waals surface area contributed by atoms with E-state index in [9.17, 15) is 4.79 Å². The van der Waals surface area contributed by atoms with Gasteiger partial charge in [0, 0.05) is 33.6 Å². The number of hydrogen-bond donors (Lipinski definition) is 0. The van der Waals surface area contributed by atoms with E-state index in [-0.39, 0.29) is 5.56 Å². The molecule has 0 amide bonds. The van der Waals surface area contributed by atoms with Crippen molar-refractivity contribution in [3.8, 4) is 5.75 Å². The Morgan fingerprint density at radius 2 is 1.96 bits per heavy atom. The van der Waals surface area contributed by atoms with Gasteiger partial charge in [0.2, 0.25) is 0 Å². The highest BCUT2D eigenvalue weighted by Crippen LogP contribution is 2.32. The smallest absolute Gasteiger partial charge is 0.251 e. The topological polar surface area (TPSA) is 31.2 Å². The molecule has 3 aromatic rings. The number of pyridine rings is 1. The summed E-state index contributed by atoms with van der Waals surface area (Å²) in [6, 6.07) is 15.6. The van der Waals surface area contributed by atoms with E-state index in [1.165, 1.54) is 0 Å². The van der Waals surface area contributed by atoms with E-state index < -0.39 is 0 Å². The predicted octanol–water partition coefficient (Wildman–Crippen LogP) is 4.60. The molecule has 0 atom stereocenters. The number of aryl methyl sites for hydroxylation is 1. The third-order valence-electron chi connectivity index (χ3n) is 3.75. The second-order valence-electron chi connectivity index (χ2n) is 5.17. The molecular weight excluding hydrogens is 374 g/mol. The zero-order valence-corrected chi connectivity index (χ0v) is 15.3. The third kappa shape index (κ3) is 3.31. The Balaban J connectivity index is 1.97. The van der Waals surface area contributed by atoms with Gasteiger partial charge in [-0.1, -0.05) is 34.1 Å².